The highest BCUT2D eigenvalue weighted by Gasteiger charge is 2.35. The maximum Gasteiger partial charge on any atom is 0.330 e. The number of aromatic nitrogens is 3. The van der Waals surface area contributed by atoms with Crippen LogP contribution in [0.25, 0.3) is 5.70 Å². The molecule has 3 heterocycles. The smallest absolute Gasteiger partial charge is 0.330 e. The largest absolute Gasteiger partial charge is 0.352 e. The first-order chi connectivity index (χ1) is 14.4. The van der Waals surface area contributed by atoms with Crippen LogP contribution in [0.4, 0.5) is 16.6 Å². The normalized spacial score (nSPS) is 13.6. The Balaban J connectivity index is 1.61. The number of halogens is 2. The van der Waals surface area contributed by atoms with E-state index in [-0.39, 0.29) is 6.03 Å². The fraction of sp³-hybridized carbons (Fsp3) is 0.190. The van der Waals surface area contributed by atoms with Crippen LogP contribution in [0.15, 0.2) is 49.3 Å². The molecule has 0 saturated heterocycles. The van der Waals surface area contributed by atoms with E-state index in [1.165, 1.54) is 4.90 Å². The van der Waals surface area contributed by atoms with Gasteiger partial charge in [-0.15, -0.1) is 0 Å². The average molecular weight is 443 g/mol. The third kappa shape index (κ3) is 3.62. The Labute approximate surface area is 184 Å². The lowest BCUT2D eigenvalue weighted by Gasteiger charge is -2.34. The fourth-order valence-corrected chi connectivity index (χ4v) is 3.70. The number of benzene rings is 1. The SMILES string of the molecule is C=C1c2c(nc(NCc3ccncc3)n2C)N(C)C(=O)N1Cc1ccc(Cl)c(Cl)c1. The predicted octanol–water partition coefficient (Wildman–Crippen LogP) is 4.78. The molecule has 0 aliphatic carbocycles. The molecule has 0 bridgehead atoms. The van der Waals surface area contributed by atoms with E-state index >= 15 is 0 Å². The molecule has 0 spiro atoms. The summed E-state index contributed by atoms with van der Waals surface area (Å²) in [4.78, 5) is 24.8. The summed E-state index contributed by atoms with van der Waals surface area (Å²) in [7, 11) is 3.60. The van der Waals surface area contributed by atoms with E-state index in [0.717, 1.165) is 16.8 Å². The minimum atomic E-state index is -0.211. The zero-order valence-corrected chi connectivity index (χ0v) is 18.1. The van der Waals surface area contributed by atoms with Crippen LogP contribution in [-0.4, -0.2) is 32.5 Å². The fourth-order valence-electron chi connectivity index (χ4n) is 3.38. The van der Waals surface area contributed by atoms with Crippen molar-refractivity contribution in [1.29, 1.82) is 0 Å². The number of urea groups is 1. The molecule has 30 heavy (non-hydrogen) atoms. The maximum absolute atomic E-state index is 13.0. The number of imidazole rings is 1. The highest BCUT2D eigenvalue weighted by atomic mass is 35.5. The van der Waals surface area contributed by atoms with E-state index < -0.39 is 0 Å². The summed E-state index contributed by atoms with van der Waals surface area (Å²) in [6.45, 7) is 5.08. The summed E-state index contributed by atoms with van der Waals surface area (Å²) in [5, 5.41) is 4.23. The number of carbonyl (C=O) groups excluding carboxylic acids is 1. The lowest BCUT2D eigenvalue weighted by atomic mass is 10.1. The van der Waals surface area contributed by atoms with E-state index in [1.807, 2.05) is 29.8 Å². The summed E-state index contributed by atoms with van der Waals surface area (Å²) >= 11 is 12.1. The minimum Gasteiger partial charge on any atom is -0.352 e. The maximum atomic E-state index is 13.0. The number of rotatable bonds is 5. The van der Waals surface area contributed by atoms with Gasteiger partial charge < -0.3 is 9.88 Å². The zero-order chi connectivity index (χ0) is 21.4. The van der Waals surface area contributed by atoms with Crippen LogP contribution in [0.2, 0.25) is 10.0 Å². The monoisotopic (exact) mass is 442 g/mol. The Hall–Kier alpha value is -3.03. The molecule has 1 aliphatic rings. The standard InChI is InChI=1S/C21H20Cl2N6O/c1-13-18-19(26-20(27(18)2)25-11-14-6-8-24-9-7-14)28(3)21(30)29(13)12-15-4-5-16(22)17(23)10-15/h4-10H,1,11-12H2,2-3H3,(H,25,26). The van der Waals surface area contributed by atoms with Gasteiger partial charge in [0.1, 0.15) is 5.69 Å². The molecule has 0 atom stereocenters. The summed E-state index contributed by atoms with van der Waals surface area (Å²) in [6.07, 6.45) is 3.49. The Kier molecular flexibility index (Phi) is 5.40. The van der Waals surface area contributed by atoms with Crippen LogP contribution in [-0.2, 0) is 20.1 Å². The first kappa shape index (κ1) is 20.3. The Bertz CT molecular complexity index is 1130. The zero-order valence-electron chi connectivity index (χ0n) is 16.6. The molecular weight excluding hydrogens is 423 g/mol. The number of pyridine rings is 1. The van der Waals surface area contributed by atoms with Gasteiger partial charge in [-0.05, 0) is 35.4 Å². The quantitative estimate of drug-likeness (QED) is 0.617. The number of nitrogens with zero attached hydrogens (tertiary/aromatic N) is 5. The van der Waals surface area contributed by atoms with Crippen molar-refractivity contribution < 1.29 is 4.79 Å². The summed E-state index contributed by atoms with van der Waals surface area (Å²) in [6, 6.07) is 8.97. The molecule has 154 valence electrons. The van der Waals surface area contributed by atoms with Crippen LogP contribution < -0.4 is 10.2 Å². The van der Waals surface area contributed by atoms with E-state index in [2.05, 4.69) is 21.9 Å². The molecule has 0 fully saturated rings. The van der Waals surface area contributed by atoms with Crippen molar-refractivity contribution in [2.75, 3.05) is 17.3 Å². The minimum absolute atomic E-state index is 0.211. The topological polar surface area (TPSA) is 66.3 Å². The number of fused-ring (bicyclic) bond motifs is 1. The van der Waals surface area contributed by atoms with Crippen molar-refractivity contribution in [3.63, 3.8) is 0 Å². The highest BCUT2D eigenvalue weighted by Crippen LogP contribution is 2.37. The van der Waals surface area contributed by atoms with E-state index in [1.54, 1.807) is 36.5 Å². The average Bonchev–Trinajstić information content (AvgIpc) is 3.08. The molecule has 0 radical (unpaired) electrons. The van der Waals surface area contributed by atoms with Gasteiger partial charge in [-0.3, -0.25) is 14.8 Å². The Morgan fingerprint density at radius 3 is 2.50 bits per heavy atom. The number of carbonyl (C=O) groups is 1. The summed E-state index contributed by atoms with van der Waals surface area (Å²) in [5.74, 6) is 1.21. The van der Waals surface area contributed by atoms with Crippen LogP contribution in [0.5, 0.6) is 0 Å². The van der Waals surface area contributed by atoms with Gasteiger partial charge in [0.15, 0.2) is 5.82 Å². The molecule has 3 aromatic rings. The summed E-state index contributed by atoms with van der Waals surface area (Å²) in [5.41, 5.74) is 3.28. The molecular formula is C21H20Cl2N6O. The van der Waals surface area contributed by atoms with Gasteiger partial charge in [0.05, 0.1) is 22.3 Å². The van der Waals surface area contributed by atoms with Gasteiger partial charge in [0.25, 0.3) is 0 Å². The first-order valence-electron chi connectivity index (χ1n) is 9.24. The van der Waals surface area contributed by atoms with Crippen LogP contribution in [0.1, 0.15) is 16.8 Å². The molecule has 1 aliphatic heterocycles. The molecule has 2 aromatic heterocycles. The number of amides is 2. The van der Waals surface area contributed by atoms with Crippen molar-refractivity contribution in [3.05, 3.63) is 76.2 Å². The van der Waals surface area contributed by atoms with Gasteiger partial charge in [0, 0.05) is 33.0 Å². The molecule has 1 N–H and O–H groups in total. The predicted molar refractivity (Wildman–Crippen MR) is 120 cm³/mol. The number of nitrogens with one attached hydrogen (secondary N) is 1. The van der Waals surface area contributed by atoms with Gasteiger partial charge in [-0.25, -0.2) is 4.79 Å². The third-order valence-corrected chi connectivity index (χ3v) is 5.78. The third-order valence-electron chi connectivity index (χ3n) is 5.04. The van der Waals surface area contributed by atoms with Crippen molar-refractivity contribution in [2.45, 2.75) is 13.1 Å². The van der Waals surface area contributed by atoms with Crippen molar-refractivity contribution in [1.82, 2.24) is 19.4 Å². The van der Waals surface area contributed by atoms with Crippen molar-refractivity contribution in [3.8, 4) is 0 Å². The first-order valence-corrected chi connectivity index (χ1v) is 10.0. The highest BCUT2D eigenvalue weighted by molar-refractivity contribution is 6.42. The number of hydrogen-bond acceptors (Lipinski definition) is 4. The molecule has 9 heteroatoms. The van der Waals surface area contributed by atoms with Gasteiger partial charge >= 0.3 is 6.03 Å². The summed E-state index contributed by atoms with van der Waals surface area (Å²) < 4.78 is 1.91. The van der Waals surface area contributed by atoms with E-state index in [9.17, 15) is 4.79 Å². The Morgan fingerprint density at radius 2 is 1.80 bits per heavy atom. The molecule has 0 saturated carbocycles. The second-order valence-corrected chi connectivity index (χ2v) is 7.81. The van der Waals surface area contributed by atoms with Crippen LogP contribution in [0, 0.1) is 0 Å². The van der Waals surface area contributed by atoms with E-state index in [0.29, 0.717) is 40.6 Å². The number of anilines is 2. The van der Waals surface area contributed by atoms with Crippen LogP contribution in [0.3, 0.4) is 0 Å². The lowest BCUT2D eigenvalue weighted by molar-refractivity contribution is 0.222. The number of hydrogen-bond donors (Lipinski definition) is 1. The van der Waals surface area contributed by atoms with Crippen molar-refractivity contribution in [2.24, 2.45) is 7.05 Å². The van der Waals surface area contributed by atoms with Crippen LogP contribution >= 0.6 is 23.2 Å². The van der Waals surface area contributed by atoms with Gasteiger partial charge in [0.2, 0.25) is 5.95 Å². The molecule has 2 amide bonds. The van der Waals surface area contributed by atoms with E-state index in [4.69, 9.17) is 23.2 Å². The molecule has 7 nitrogen and oxygen atoms in total. The second kappa shape index (κ2) is 8.01. The van der Waals surface area contributed by atoms with Gasteiger partial charge in [-0.1, -0.05) is 35.8 Å². The van der Waals surface area contributed by atoms with Gasteiger partial charge in [-0.2, -0.15) is 4.98 Å². The molecule has 4 rings (SSSR count). The Morgan fingerprint density at radius 1 is 1.07 bits per heavy atom. The molecule has 1 aromatic carbocycles. The van der Waals surface area contributed by atoms with Crippen molar-refractivity contribution >= 4 is 46.7 Å². The molecule has 0 unspecified atom stereocenters. The lowest BCUT2D eigenvalue weighted by Crippen LogP contribution is -2.44. The second-order valence-electron chi connectivity index (χ2n) is 7.00.